The molecule has 5 aromatic rings. The van der Waals surface area contributed by atoms with Gasteiger partial charge in [-0.2, -0.15) is 0 Å². The molecule has 0 atom stereocenters. The average molecular weight is 484 g/mol. The first-order valence-corrected chi connectivity index (χ1v) is 12.0. The van der Waals surface area contributed by atoms with Crippen LogP contribution in [0.3, 0.4) is 0 Å². The lowest BCUT2D eigenvalue weighted by molar-refractivity contribution is 0.610. The van der Waals surface area contributed by atoms with Crippen LogP contribution in [0, 0.1) is 5.82 Å². The van der Waals surface area contributed by atoms with Crippen LogP contribution in [-0.4, -0.2) is 34.7 Å². The van der Waals surface area contributed by atoms with Crippen LogP contribution in [0.5, 0.6) is 0 Å². The second kappa shape index (κ2) is 10.1. The molecule has 0 aliphatic heterocycles. The number of aromatic amines is 1. The van der Waals surface area contributed by atoms with E-state index in [9.17, 15) is 9.18 Å². The van der Waals surface area contributed by atoms with Gasteiger partial charge in [0.05, 0.1) is 17.9 Å². The number of H-pyrrole nitrogens is 1. The van der Waals surface area contributed by atoms with Gasteiger partial charge in [-0.3, -0.25) is 14.1 Å². The van der Waals surface area contributed by atoms with Crippen LogP contribution in [0.25, 0.3) is 28.3 Å². The molecule has 0 aliphatic rings. The van der Waals surface area contributed by atoms with Gasteiger partial charge in [-0.05, 0) is 52.6 Å². The fourth-order valence-corrected chi connectivity index (χ4v) is 4.48. The molecule has 0 saturated carbocycles. The summed E-state index contributed by atoms with van der Waals surface area (Å²) in [6.07, 6.45) is 5.74. The summed E-state index contributed by atoms with van der Waals surface area (Å²) >= 11 is 0. The number of nitrogens with zero attached hydrogens (tertiary/aromatic N) is 6. The van der Waals surface area contributed by atoms with Crippen molar-refractivity contribution in [3.8, 4) is 28.3 Å². The molecule has 0 aliphatic carbocycles. The Hall–Kier alpha value is -4.40. The zero-order chi connectivity index (χ0) is 25.1. The molecular formula is C27H26FN7O. The van der Waals surface area contributed by atoms with Gasteiger partial charge < -0.3 is 0 Å². The first kappa shape index (κ1) is 23.3. The Labute approximate surface area is 207 Å². The Morgan fingerprint density at radius 1 is 1.03 bits per heavy atom. The van der Waals surface area contributed by atoms with E-state index in [0.717, 1.165) is 46.5 Å². The summed E-state index contributed by atoms with van der Waals surface area (Å²) in [5, 5.41) is 14.1. The molecule has 0 amide bonds. The zero-order valence-electron chi connectivity index (χ0n) is 20.1. The van der Waals surface area contributed by atoms with Crippen LogP contribution in [0.1, 0.15) is 37.1 Å². The molecule has 9 heteroatoms. The van der Waals surface area contributed by atoms with Crippen molar-refractivity contribution in [1.82, 2.24) is 34.7 Å². The van der Waals surface area contributed by atoms with Crippen molar-refractivity contribution in [3.05, 3.63) is 100 Å². The van der Waals surface area contributed by atoms with Crippen molar-refractivity contribution in [2.75, 3.05) is 0 Å². The molecule has 0 fully saturated rings. The van der Waals surface area contributed by atoms with Gasteiger partial charge in [0.25, 0.3) is 0 Å². The van der Waals surface area contributed by atoms with E-state index >= 15 is 0 Å². The summed E-state index contributed by atoms with van der Waals surface area (Å²) in [4.78, 5) is 18.0. The third-order valence-electron chi connectivity index (χ3n) is 6.24. The van der Waals surface area contributed by atoms with Crippen LogP contribution < -0.4 is 5.69 Å². The van der Waals surface area contributed by atoms with Gasteiger partial charge in [-0.15, -0.1) is 5.10 Å². The predicted molar refractivity (Wildman–Crippen MR) is 135 cm³/mol. The van der Waals surface area contributed by atoms with Gasteiger partial charge in [0.2, 0.25) is 0 Å². The molecule has 182 valence electrons. The summed E-state index contributed by atoms with van der Waals surface area (Å²) in [6, 6.07) is 16.6. The van der Waals surface area contributed by atoms with Crippen molar-refractivity contribution >= 4 is 0 Å². The number of aryl methyl sites for hydroxylation is 2. The Kier molecular flexibility index (Phi) is 6.53. The topological polar surface area (TPSA) is 94.3 Å². The number of aromatic nitrogens is 7. The van der Waals surface area contributed by atoms with Gasteiger partial charge in [0.15, 0.2) is 5.82 Å². The minimum absolute atomic E-state index is 0.243. The molecule has 8 nitrogen and oxygen atoms in total. The van der Waals surface area contributed by atoms with E-state index in [4.69, 9.17) is 0 Å². The van der Waals surface area contributed by atoms with E-state index in [-0.39, 0.29) is 5.69 Å². The fraction of sp³-hybridized carbons (Fsp3) is 0.222. The van der Waals surface area contributed by atoms with Crippen molar-refractivity contribution in [3.63, 3.8) is 0 Å². The second-order valence-corrected chi connectivity index (χ2v) is 8.56. The van der Waals surface area contributed by atoms with Crippen LogP contribution in [0.2, 0.25) is 0 Å². The number of nitrogens with one attached hydrogen (secondary N) is 1. The van der Waals surface area contributed by atoms with Crippen molar-refractivity contribution in [2.24, 2.45) is 0 Å². The Balaban J connectivity index is 1.50. The molecule has 1 N–H and O–H groups in total. The van der Waals surface area contributed by atoms with E-state index < -0.39 is 5.82 Å². The third-order valence-corrected chi connectivity index (χ3v) is 6.24. The molecule has 2 aromatic carbocycles. The molecule has 0 saturated heterocycles. The van der Waals surface area contributed by atoms with Crippen LogP contribution in [-0.2, 0) is 19.4 Å². The second-order valence-electron chi connectivity index (χ2n) is 8.56. The van der Waals surface area contributed by atoms with E-state index in [0.29, 0.717) is 24.5 Å². The summed E-state index contributed by atoms with van der Waals surface area (Å²) < 4.78 is 18.0. The van der Waals surface area contributed by atoms with Crippen molar-refractivity contribution in [2.45, 2.75) is 39.7 Å². The lowest BCUT2D eigenvalue weighted by Gasteiger charge is -2.10. The highest BCUT2D eigenvalue weighted by Gasteiger charge is 2.18. The molecule has 3 heterocycles. The number of hydrogen-bond donors (Lipinski definition) is 1. The highest BCUT2D eigenvalue weighted by atomic mass is 19.1. The summed E-state index contributed by atoms with van der Waals surface area (Å²) in [5.41, 5.74) is 5.18. The van der Waals surface area contributed by atoms with Gasteiger partial charge in [-0.1, -0.05) is 56.7 Å². The van der Waals surface area contributed by atoms with E-state index in [1.54, 1.807) is 23.0 Å². The lowest BCUT2D eigenvalue weighted by Crippen LogP contribution is -2.25. The fourth-order valence-electron chi connectivity index (χ4n) is 4.48. The summed E-state index contributed by atoms with van der Waals surface area (Å²) in [6.45, 7) is 4.41. The maximum absolute atomic E-state index is 14.8. The number of imidazole rings is 1. The van der Waals surface area contributed by atoms with Gasteiger partial charge in [-0.25, -0.2) is 14.3 Å². The highest BCUT2D eigenvalue weighted by molar-refractivity contribution is 5.76. The molecule has 0 bridgehead atoms. The van der Waals surface area contributed by atoms with E-state index in [1.165, 1.54) is 10.6 Å². The number of tetrazole rings is 1. The van der Waals surface area contributed by atoms with Crippen LogP contribution >= 0.6 is 0 Å². The molecule has 0 unspecified atom stereocenters. The SMILES string of the molecule is CCCc1cn(-c2c(F)cccc2CC)c(=O)n1Cc1ccc(-c2ncccc2-c2nnn[nH]2)cc1. The van der Waals surface area contributed by atoms with Crippen LogP contribution in [0.4, 0.5) is 4.39 Å². The number of benzene rings is 2. The van der Waals surface area contributed by atoms with E-state index in [1.807, 2.05) is 49.4 Å². The van der Waals surface area contributed by atoms with Gasteiger partial charge in [0.1, 0.15) is 5.82 Å². The molecule has 5 rings (SSSR count). The molecular weight excluding hydrogens is 457 g/mol. The predicted octanol–water partition coefficient (Wildman–Crippen LogP) is 4.58. The first-order chi connectivity index (χ1) is 17.6. The summed E-state index contributed by atoms with van der Waals surface area (Å²) in [5.74, 6) is 0.146. The Morgan fingerprint density at radius 2 is 1.86 bits per heavy atom. The third kappa shape index (κ3) is 4.35. The highest BCUT2D eigenvalue weighted by Crippen LogP contribution is 2.28. The van der Waals surface area contributed by atoms with Gasteiger partial charge >= 0.3 is 5.69 Å². The standard InChI is InChI=1S/C27H26FN7O/c1-3-7-21-17-35(25-19(4-2)8-5-10-23(25)28)27(36)34(21)16-18-11-13-20(14-12-18)24-22(9-6-15-29-24)26-30-32-33-31-26/h5-6,8-15,17H,3-4,7,16H2,1-2H3,(H,30,31,32,33). The molecule has 3 aromatic heterocycles. The largest absolute Gasteiger partial charge is 0.333 e. The maximum Gasteiger partial charge on any atom is 0.333 e. The first-order valence-electron chi connectivity index (χ1n) is 12.0. The van der Waals surface area contributed by atoms with Crippen molar-refractivity contribution in [1.29, 1.82) is 0 Å². The minimum Gasteiger partial charge on any atom is -0.292 e. The van der Waals surface area contributed by atoms with Crippen LogP contribution in [0.15, 0.2) is 71.8 Å². The Bertz CT molecular complexity index is 1540. The van der Waals surface area contributed by atoms with Crippen molar-refractivity contribution < 1.29 is 4.39 Å². The number of rotatable bonds is 8. The average Bonchev–Trinajstić information content (AvgIpc) is 3.54. The normalized spacial score (nSPS) is 11.2. The smallest absolute Gasteiger partial charge is 0.292 e. The monoisotopic (exact) mass is 483 g/mol. The number of halogens is 1. The number of pyridine rings is 1. The maximum atomic E-state index is 14.8. The van der Waals surface area contributed by atoms with E-state index in [2.05, 4.69) is 32.5 Å². The molecule has 0 spiro atoms. The zero-order valence-corrected chi connectivity index (χ0v) is 20.1. The minimum atomic E-state index is -0.394. The number of hydrogen-bond acceptors (Lipinski definition) is 5. The quantitative estimate of drug-likeness (QED) is 0.349. The summed E-state index contributed by atoms with van der Waals surface area (Å²) in [7, 11) is 0. The Morgan fingerprint density at radius 3 is 2.58 bits per heavy atom. The number of para-hydroxylation sites is 1. The van der Waals surface area contributed by atoms with Gasteiger partial charge in [0, 0.05) is 29.2 Å². The lowest BCUT2D eigenvalue weighted by atomic mass is 10.0. The molecule has 36 heavy (non-hydrogen) atoms. The molecule has 0 radical (unpaired) electrons.